The topological polar surface area (TPSA) is 27.7 Å². The van der Waals surface area contributed by atoms with Crippen molar-refractivity contribution >= 4 is 8.80 Å². The van der Waals surface area contributed by atoms with E-state index >= 15 is 0 Å². The van der Waals surface area contributed by atoms with Crippen LogP contribution in [0.4, 0.5) is 0 Å². The van der Waals surface area contributed by atoms with Crippen LogP contribution in [0.5, 0.6) is 0 Å². The lowest BCUT2D eigenvalue weighted by atomic mass is 9.86. The summed E-state index contributed by atoms with van der Waals surface area (Å²) in [4.78, 5) is 0. The maximum atomic E-state index is 5.42. The molecule has 0 amide bonds. The molecule has 0 aromatic carbocycles. The predicted octanol–water partition coefficient (Wildman–Crippen LogP) is 2.94. The summed E-state index contributed by atoms with van der Waals surface area (Å²) in [6, 6.07) is 0.883. The summed E-state index contributed by atoms with van der Waals surface area (Å²) < 4.78 is 16.2. The van der Waals surface area contributed by atoms with E-state index in [1.54, 1.807) is 21.3 Å². The molecule has 92 valence electrons. The van der Waals surface area contributed by atoms with Gasteiger partial charge in [0.05, 0.1) is 0 Å². The van der Waals surface area contributed by atoms with Gasteiger partial charge in [-0.05, 0) is 17.8 Å². The Morgan fingerprint density at radius 3 is 1.67 bits per heavy atom. The summed E-state index contributed by atoms with van der Waals surface area (Å²) in [5.74, 6) is 0.552. The average molecular weight is 234 g/mol. The van der Waals surface area contributed by atoms with Gasteiger partial charge < -0.3 is 13.3 Å². The fraction of sp³-hybridized carbons (Fsp3) is 1.00. The molecule has 0 spiro atoms. The van der Waals surface area contributed by atoms with Crippen molar-refractivity contribution in [3.05, 3.63) is 0 Å². The highest BCUT2D eigenvalue weighted by atomic mass is 28.4. The quantitative estimate of drug-likeness (QED) is 0.661. The largest absolute Gasteiger partial charge is 0.500 e. The molecule has 0 aliphatic carbocycles. The smallest absolute Gasteiger partial charge is 0.377 e. The van der Waals surface area contributed by atoms with Gasteiger partial charge in [-0.1, -0.05) is 27.7 Å². The van der Waals surface area contributed by atoms with Gasteiger partial charge in [0.2, 0.25) is 0 Å². The molecule has 0 aliphatic heterocycles. The fourth-order valence-corrected chi connectivity index (χ4v) is 4.04. The van der Waals surface area contributed by atoms with Crippen LogP contribution in [-0.2, 0) is 13.3 Å². The number of hydrogen-bond acceptors (Lipinski definition) is 3. The van der Waals surface area contributed by atoms with E-state index < -0.39 is 8.80 Å². The first-order chi connectivity index (χ1) is 6.78. The minimum atomic E-state index is -2.38. The highest BCUT2D eigenvalue weighted by Crippen LogP contribution is 2.30. The summed E-state index contributed by atoms with van der Waals surface area (Å²) in [7, 11) is 2.63. The molecule has 4 heteroatoms. The second kappa shape index (κ2) is 5.99. The maximum Gasteiger partial charge on any atom is 0.500 e. The maximum absolute atomic E-state index is 5.42. The molecule has 0 fully saturated rings. The zero-order valence-electron chi connectivity index (χ0n) is 11.2. The van der Waals surface area contributed by atoms with Gasteiger partial charge in [0.1, 0.15) is 0 Å². The van der Waals surface area contributed by atoms with Crippen LogP contribution in [0.1, 0.15) is 34.1 Å². The Morgan fingerprint density at radius 2 is 1.40 bits per heavy atom. The molecule has 0 radical (unpaired) electrons. The van der Waals surface area contributed by atoms with Gasteiger partial charge in [-0.15, -0.1) is 0 Å². The minimum Gasteiger partial charge on any atom is -0.377 e. The Labute approximate surface area is 95.5 Å². The monoisotopic (exact) mass is 234 g/mol. The van der Waals surface area contributed by atoms with Gasteiger partial charge >= 0.3 is 8.80 Å². The van der Waals surface area contributed by atoms with Gasteiger partial charge in [-0.25, -0.2) is 0 Å². The van der Waals surface area contributed by atoms with E-state index in [0.717, 1.165) is 12.5 Å². The minimum absolute atomic E-state index is 0.342. The molecule has 0 unspecified atom stereocenters. The van der Waals surface area contributed by atoms with Gasteiger partial charge in [-0.3, -0.25) is 0 Å². The molecule has 3 nitrogen and oxygen atoms in total. The Kier molecular flexibility index (Phi) is 6.03. The zero-order chi connectivity index (χ0) is 12.1. The highest BCUT2D eigenvalue weighted by molar-refractivity contribution is 6.60. The van der Waals surface area contributed by atoms with Crippen LogP contribution in [-0.4, -0.2) is 30.1 Å². The van der Waals surface area contributed by atoms with E-state index in [2.05, 4.69) is 27.7 Å². The van der Waals surface area contributed by atoms with Crippen molar-refractivity contribution in [3.63, 3.8) is 0 Å². The van der Waals surface area contributed by atoms with Crippen LogP contribution in [0.3, 0.4) is 0 Å². The van der Waals surface area contributed by atoms with Gasteiger partial charge in [-0.2, -0.15) is 0 Å². The first-order valence-electron chi connectivity index (χ1n) is 5.44. The molecule has 0 aliphatic rings. The summed E-state index contributed by atoms with van der Waals surface area (Å²) in [6.07, 6.45) is 1.15. The van der Waals surface area contributed by atoms with Crippen LogP contribution >= 0.6 is 0 Å². The summed E-state index contributed by atoms with van der Waals surface area (Å²) in [6.45, 7) is 8.97. The second-order valence-electron chi connectivity index (χ2n) is 5.37. The summed E-state index contributed by atoms with van der Waals surface area (Å²) in [5, 5.41) is 0. The predicted molar refractivity (Wildman–Crippen MR) is 64.8 cm³/mol. The molecule has 0 rings (SSSR count). The lowest BCUT2D eigenvalue weighted by molar-refractivity contribution is 0.116. The molecule has 0 saturated heterocycles. The molecule has 15 heavy (non-hydrogen) atoms. The average Bonchev–Trinajstić information content (AvgIpc) is 2.11. The van der Waals surface area contributed by atoms with Crippen molar-refractivity contribution in [2.45, 2.75) is 40.2 Å². The van der Waals surface area contributed by atoms with E-state index in [9.17, 15) is 0 Å². The van der Waals surface area contributed by atoms with Crippen molar-refractivity contribution < 1.29 is 13.3 Å². The Hall–Kier alpha value is 0.0969. The Morgan fingerprint density at radius 1 is 1.00 bits per heavy atom. The standard InChI is InChI=1S/C11H26O3Si/c1-10(8-11(2,3)4)9-15(12-5,13-6)14-7/h10H,8-9H2,1-7H3/t10-/m1/s1. The third-order valence-electron chi connectivity index (χ3n) is 2.49. The first-order valence-corrected chi connectivity index (χ1v) is 7.37. The third kappa shape index (κ3) is 5.66. The van der Waals surface area contributed by atoms with Gasteiger partial charge in [0.15, 0.2) is 0 Å². The number of hydrogen-bond donors (Lipinski definition) is 0. The molecular formula is C11H26O3Si. The zero-order valence-corrected chi connectivity index (χ0v) is 12.2. The van der Waals surface area contributed by atoms with Crippen molar-refractivity contribution in [2.24, 2.45) is 11.3 Å². The van der Waals surface area contributed by atoms with Crippen LogP contribution in [0, 0.1) is 11.3 Å². The normalized spacial score (nSPS) is 15.4. The van der Waals surface area contributed by atoms with Crippen LogP contribution < -0.4 is 0 Å². The lowest BCUT2D eigenvalue weighted by Crippen LogP contribution is -2.44. The van der Waals surface area contributed by atoms with Gasteiger partial charge in [0.25, 0.3) is 0 Å². The van der Waals surface area contributed by atoms with Crippen LogP contribution in [0.25, 0.3) is 0 Å². The second-order valence-corrected chi connectivity index (χ2v) is 8.37. The van der Waals surface area contributed by atoms with Crippen LogP contribution in [0.2, 0.25) is 6.04 Å². The van der Waals surface area contributed by atoms with Crippen molar-refractivity contribution in [1.82, 2.24) is 0 Å². The van der Waals surface area contributed by atoms with Crippen LogP contribution in [0.15, 0.2) is 0 Å². The van der Waals surface area contributed by atoms with E-state index in [1.807, 2.05) is 0 Å². The van der Waals surface area contributed by atoms with Crippen molar-refractivity contribution in [1.29, 1.82) is 0 Å². The summed E-state index contributed by atoms with van der Waals surface area (Å²) in [5.41, 5.74) is 0.342. The first kappa shape index (κ1) is 15.1. The molecular weight excluding hydrogens is 208 g/mol. The van der Waals surface area contributed by atoms with E-state index in [1.165, 1.54) is 0 Å². The Balaban J connectivity index is 4.29. The van der Waals surface area contributed by atoms with E-state index in [-0.39, 0.29) is 0 Å². The van der Waals surface area contributed by atoms with Crippen molar-refractivity contribution in [3.8, 4) is 0 Å². The molecule has 0 aromatic heterocycles. The molecule has 0 bridgehead atoms. The van der Waals surface area contributed by atoms with E-state index in [0.29, 0.717) is 11.3 Å². The third-order valence-corrected chi connectivity index (χ3v) is 5.56. The highest BCUT2D eigenvalue weighted by Gasteiger charge is 2.39. The molecule has 1 atom stereocenters. The molecule has 0 aromatic rings. The number of rotatable bonds is 6. The Bertz CT molecular complexity index is 165. The van der Waals surface area contributed by atoms with Crippen molar-refractivity contribution in [2.75, 3.05) is 21.3 Å². The lowest BCUT2D eigenvalue weighted by Gasteiger charge is -2.30. The molecule has 0 saturated carbocycles. The molecule has 0 heterocycles. The molecule has 0 N–H and O–H groups in total. The summed E-state index contributed by atoms with van der Waals surface area (Å²) >= 11 is 0. The van der Waals surface area contributed by atoms with E-state index in [4.69, 9.17) is 13.3 Å². The van der Waals surface area contributed by atoms with Gasteiger partial charge in [0, 0.05) is 27.4 Å². The fourth-order valence-electron chi connectivity index (χ4n) is 2.04. The SMILES string of the molecule is CO[Si](C[C@H](C)CC(C)(C)C)(OC)OC.